The van der Waals surface area contributed by atoms with E-state index < -0.39 is 0 Å². The minimum atomic E-state index is 0.0329. The van der Waals surface area contributed by atoms with E-state index in [0.717, 1.165) is 29.4 Å². The fourth-order valence-corrected chi connectivity index (χ4v) is 3.64. The molecule has 0 atom stereocenters. The fraction of sp³-hybridized carbons (Fsp3) is 0.286. The van der Waals surface area contributed by atoms with Crippen molar-refractivity contribution in [3.63, 3.8) is 0 Å². The zero-order valence-corrected chi connectivity index (χ0v) is 16.5. The number of nitrogens with zero attached hydrogens (tertiary/aromatic N) is 3. The molecule has 0 radical (unpaired) electrons. The number of para-hydroxylation sites is 1. The summed E-state index contributed by atoms with van der Waals surface area (Å²) in [6.45, 7) is 0.780. The molecule has 0 aliphatic heterocycles. The molecule has 2 aromatic carbocycles. The van der Waals surface area contributed by atoms with Crippen molar-refractivity contribution in [3.05, 3.63) is 54.6 Å². The molecular weight excluding hydrogens is 372 g/mol. The van der Waals surface area contributed by atoms with Crippen molar-refractivity contribution in [2.45, 2.75) is 18.0 Å². The Morgan fingerprint density at radius 1 is 1.14 bits per heavy atom. The second kappa shape index (κ2) is 8.48. The van der Waals surface area contributed by atoms with Gasteiger partial charge in [0.15, 0.2) is 11.0 Å². The molecule has 1 aliphatic rings. The smallest absolute Gasteiger partial charge is 0.230 e. The SMILES string of the molecule is COc1ccc(-c2nnc(SCC(=O)NCC3CC3)n2-c2ccccc2)cc1. The Kier molecular flexibility index (Phi) is 5.62. The highest BCUT2D eigenvalue weighted by Gasteiger charge is 2.22. The van der Waals surface area contributed by atoms with Gasteiger partial charge in [0.25, 0.3) is 0 Å². The van der Waals surface area contributed by atoms with Gasteiger partial charge in [-0.2, -0.15) is 0 Å². The molecule has 1 aliphatic carbocycles. The van der Waals surface area contributed by atoms with Gasteiger partial charge >= 0.3 is 0 Å². The second-order valence-corrected chi connectivity index (χ2v) is 7.68. The van der Waals surface area contributed by atoms with Crippen LogP contribution in [0, 0.1) is 5.92 Å². The molecule has 0 spiro atoms. The Labute approximate surface area is 168 Å². The van der Waals surface area contributed by atoms with Crippen molar-refractivity contribution in [2.24, 2.45) is 5.92 Å². The van der Waals surface area contributed by atoms with Gasteiger partial charge in [0.2, 0.25) is 5.91 Å². The molecule has 1 saturated carbocycles. The summed E-state index contributed by atoms with van der Waals surface area (Å²) >= 11 is 1.40. The van der Waals surface area contributed by atoms with Crippen LogP contribution < -0.4 is 10.1 Å². The van der Waals surface area contributed by atoms with Crippen molar-refractivity contribution in [1.29, 1.82) is 0 Å². The molecule has 6 nitrogen and oxygen atoms in total. The van der Waals surface area contributed by atoms with Crippen LogP contribution in [-0.4, -0.2) is 40.1 Å². The van der Waals surface area contributed by atoms with E-state index in [1.54, 1.807) is 7.11 Å². The van der Waals surface area contributed by atoms with Gasteiger partial charge in [0, 0.05) is 17.8 Å². The van der Waals surface area contributed by atoms with Crippen LogP contribution >= 0.6 is 11.8 Å². The Bertz CT molecular complexity index is 937. The Balaban J connectivity index is 1.58. The average Bonchev–Trinajstić information content (AvgIpc) is 3.48. The predicted octanol–water partition coefficient (Wildman–Crippen LogP) is 3.56. The lowest BCUT2D eigenvalue weighted by molar-refractivity contribution is -0.118. The molecule has 1 fully saturated rings. The molecule has 3 aromatic rings. The molecule has 1 aromatic heterocycles. The van der Waals surface area contributed by atoms with Gasteiger partial charge in [-0.3, -0.25) is 9.36 Å². The summed E-state index contributed by atoms with van der Waals surface area (Å²) < 4.78 is 7.23. The van der Waals surface area contributed by atoms with Gasteiger partial charge in [-0.05, 0) is 55.2 Å². The van der Waals surface area contributed by atoms with Crippen molar-refractivity contribution in [2.75, 3.05) is 19.4 Å². The largest absolute Gasteiger partial charge is 0.497 e. The number of ether oxygens (including phenoxy) is 1. The van der Waals surface area contributed by atoms with Gasteiger partial charge in [0.05, 0.1) is 12.9 Å². The molecular formula is C21H22N4O2S. The van der Waals surface area contributed by atoms with Crippen molar-refractivity contribution >= 4 is 17.7 Å². The lowest BCUT2D eigenvalue weighted by atomic mass is 10.2. The van der Waals surface area contributed by atoms with E-state index in [-0.39, 0.29) is 5.91 Å². The number of methoxy groups -OCH3 is 1. The number of hydrogen-bond donors (Lipinski definition) is 1. The third-order valence-electron chi connectivity index (χ3n) is 4.61. The lowest BCUT2D eigenvalue weighted by Crippen LogP contribution is -2.27. The normalized spacial score (nSPS) is 13.3. The highest BCUT2D eigenvalue weighted by Crippen LogP contribution is 2.29. The zero-order valence-electron chi connectivity index (χ0n) is 15.7. The molecule has 0 bridgehead atoms. The number of hydrogen-bond acceptors (Lipinski definition) is 5. The molecule has 28 heavy (non-hydrogen) atoms. The van der Waals surface area contributed by atoms with Gasteiger partial charge in [-0.1, -0.05) is 30.0 Å². The number of benzene rings is 2. The number of aromatic nitrogens is 3. The first kappa shape index (κ1) is 18.6. The number of carbonyl (C=O) groups excluding carboxylic acids is 1. The van der Waals surface area contributed by atoms with Gasteiger partial charge in [0.1, 0.15) is 5.75 Å². The first-order chi connectivity index (χ1) is 13.7. The highest BCUT2D eigenvalue weighted by molar-refractivity contribution is 7.99. The first-order valence-electron chi connectivity index (χ1n) is 9.29. The molecule has 1 heterocycles. The molecule has 0 unspecified atom stereocenters. The standard InChI is InChI=1S/C21H22N4O2S/c1-27-18-11-9-16(10-12-18)20-23-24-21(25(20)17-5-3-2-4-6-17)28-14-19(26)22-13-15-7-8-15/h2-6,9-12,15H,7-8,13-14H2,1H3,(H,22,26). The van der Waals surface area contributed by atoms with Crippen LogP contribution in [0.3, 0.4) is 0 Å². The Morgan fingerprint density at radius 3 is 2.57 bits per heavy atom. The molecule has 1 amide bonds. The maximum Gasteiger partial charge on any atom is 0.230 e. The number of carbonyl (C=O) groups is 1. The second-order valence-electron chi connectivity index (χ2n) is 6.74. The first-order valence-corrected chi connectivity index (χ1v) is 10.3. The topological polar surface area (TPSA) is 69.0 Å². The van der Waals surface area contributed by atoms with E-state index in [9.17, 15) is 4.79 Å². The van der Waals surface area contributed by atoms with Crippen LogP contribution in [0.5, 0.6) is 5.75 Å². The summed E-state index contributed by atoms with van der Waals surface area (Å²) in [6, 6.07) is 17.7. The van der Waals surface area contributed by atoms with Crippen LogP contribution in [-0.2, 0) is 4.79 Å². The lowest BCUT2D eigenvalue weighted by Gasteiger charge is -2.11. The maximum absolute atomic E-state index is 12.1. The molecule has 0 saturated heterocycles. The number of thioether (sulfide) groups is 1. The zero-order chi connectivity index (χ0) is 19.3. The van der Waals surface area contributed by atoms with Gasteiger partial charge in [-0.25, -0.2) is 0 Å². The summed E-state index contributed by atoms with van der Waals surface area (Å²) in [7, 11) is 1.64. The van der Waals surface area contributed by atoms with Crippen molar-refractivity contribution in [3.8, 4) is 22.8 Å². The quantitative estimate of drug-likeness (QED) is 0.592. The minimum absolute atomic E-state index is 0.0329. The Hall–Kier alpha value is -2.80. The third kappa shape index (κ3) is 4.36. The summed E-state index contributed by atoms with van der Waals surface area (Å²) in [4.78, 5) is 12.1. The van der Waals surface area contributed by atoms with Crippen LogP contribution in [0.1, 0.15) is 12.8 Å². The van der Waals surface area contributed by atoms with E-state index in [1.165, 1.54) is 24.6 Å². The molecule has 4 rings (SSSR count). The van der Waals surface area contributed by atoms with Crippen molar-refractivity contribution in [1.82, 2.24) is 20.1 Å². The van der Waals surface area contributed by atoms with E-state index in [4.69, 9.17) is 4.74 Å². The van der Waals surface area contributed by atoms with E-state index in [0.29, 0.717) is 16.8 Å². The summed E-state index contributed by atoms with van der Waals surface area (Å²) in [5.74, 6) is 2.54. The summed E-state index contributed by atoms with van der Waals surface area (Å²) in [5, 5.41) is 12.4. The van der Waals surface area contributed by atoms with Gasteiger partial charge in [-0.15, -0.1) is 10.2 Å². The van der Waals surface area contributed by atoms with E-state index >= 15 is 0 Å². The molecule has 7 heteroatoms. The van der Waals surface area contributed by atoms with Crippen LogP contribution in [0.2, 0.25) is 0 Å². The van der Waals surface area contributed by atoms with Gasteiger partial charge < -0.3 is 10.1 Å². The maximum atomic E-state index is 12.1. The molecule has 1 N–H and O–H groups in total. The number of rotatable bonds is 8. The number of amides is 1. The summed E-state index contributed by atoms with van der Waals surface area (Å²) in [5.41, 5.74) is 1.89. The van der Waals surface area contributed by atoms with Crippen LogP contribution in [0.15, 0.2) is 59.8 Å². The average molecular weight is 395 g/mol. The van der Waals surface area contributed by atoms with Crippen LogP contribution in [0.4, 0.5) is 0 Å². The number of nitrogens with one attached hydrogen (secondary N) is 1. The van der Waals surface area contributed by atoms with Crippen LogP contribution in [0.25, 0.3) is 17.1 Å². The van der Waals surface area contributed by atoms with E-state index in [2.05, 4.69) is 15.5 Å². The summed E-state index contributed by atoms with van der Waals surface area (Å²) in [6.07, 6.45) is 2.45. The highest BCUT2D eigenvalue weighted by atomic mass is 32.2. The molecule has 144 valence electrons. The fourth-order valence-electron chi connectivity index (χ4n) is 2.86. The minimum Gasteiger partial charge on any atom is -0.497 e. The van der Waals surface area contributed by atoms with E-state index in [1.807, 2.05) is 59.2 Å². The predicted molar refractivity (Wildman–Crippen MR) is 110 cm³/mol. The van der Waals surface area contributed by atoms with Crippen molar-refractivity contribution < 1.29 is 9.53 Å². The monoisotopic (exact) mass is 394 g/mol. The Morgan fingerprint density at radius 2 is 1.89 bits per heavy atom. The third-order valence-corrected chi connectivity index (χ3v) is 5.54.